The van der Waals surface area contributed by atoms with E-state index in [4.69, 9.17) is 16.7 Å². The molecule has 0 aromatic heterocycles. The van der Waals surface area contributed by atoms with E-state index in [9.17, 15) is 17.6 Å². The molecule has 0 radical (unpaired) electrons. The molecule has 9 heteroatoms. The van der Waals surface area contributed by atoms with Gasteiger partial charge in [-0.15, -0.1) is 0 Å². The smallest absolute Gasteiger partial charge is 0.257 e. The molecule has 1 aromatic carbocycles. The fourth-order valence-corrected chi connectivity index (χ4v) is 3.63. The Hall–Kier alpha value is -1.22. The maximum absolute atomic E-state index is 14.2. The molecule has 0 spiro atoms. The van der Waals surface area contributed by atoms with Crippen LogP contribution in [0.5, 0.6) is 0 Å². The predicted molar refractivity (Wildman–Crippen MR) is 83.3 cm³/mol. The van der Waals surface area contributed by atoms with Gasteiger partial charge in [0.25, 0.3) is 5.91 Å². The zero-order valence-corrected chi connectivity index (χ0v) is 13.9. The van der Waals surface area contributed by atoms with Gasteiger partial charge in [0.1, 0.15) is 0 Å². The van der Waals surface area contributed by atoms with Gasteiger partial charge in [-0.25, -0.2) is 17.9 Å². The van der Waals surface area contributed by atoms with E-state index in [1.807, 2.05) is 0 Å². The normalized spacial score (nSPS) is 19.9. The summed E-state index contributed by atoms with van der Waals surface area (Å²) in [6.45, 7) is 2.43. The first-order valence-electron chi connectivity index (χ1n) is 7.32. The first-order valence-corrected chi connectivity index (χ1v) is 9.25. The van der Waals surface area contributed by atoms with E-state index in [1.54, 1.807) is 0 Å². The van der Waals surface area contributed by atoms with Gasteiger partial charge in [-0.05, 0) is 25.0 Å². The quantitative estimate of drug-likeness (QED) is 0.872. The standard InChI is InChI=1S/C14H17ClFN3O3S/c15-12-8-10(23(17,21)22)7-11(13(12)16)14(20)19-5-3-18(4-6-19)9-1-2-9/h7-9H,1-6H2,(H2,17,21,22). The number of halogens is 2. The Morgan fingerprint density at radius 2 is 1.83 bits per heavy atom. The van der Waals surface area contributed by atoms with Crippen LogP contribution in [0.3, 0.4) is 0 Å². The summed E-state index contributed by atoms with van der Waals surface area (Å²) in [5.41, 5.74) is -0.360. The molecule has 1 amide bonds. The largest absolute Gasteiger partial charge is 0.336 e. The number of nitrogens with zero attached hydrogens (tertiary/aromatic N) is 2. The van der Waals surface area contributed by atoms with Crippen molar-refractivity contribution in [3.63, 3.8) is 0 Å². The minimum atomic E-state index is -4.07. The Labute approximate surface area is 139 Å². The van der Waals surface area contributed by atoms with E-state index < -0.39 is 26.8 Å². The molecule has 126 valence electrons. The van der Waals surface area contributed by atoms with Gasteiger partial charge in [-0.2, -0.15) is 0 Å². The summed E-state index contributed by atoms with van der Waals surface area (Å²) in [4.78, 5) is 16.0. The number of carbonyl (C=O) groups is 1. The summed E-state index contributed by atoms with van der Waals surface area (Å²) in [5.74, 6) is -1.49. The summed E-state index contributed by atoms with van der Waals surface area (Å²) in [6.07, 6.45) is 2.38. The highest BCUT2D eigenvalue weighted by Gasteiger charge is 2.33. The van der Waals surface area contributed by atoms with E-state index in [0.717, 1.165) is 25.2 Å². The molecule has 1 saturated carbocycles. The zero-order chi connectivity index (χ0) is 16.8. The van der Waals surface area contributed by atoms with Crippen LogP contribution in [-0.4, -0.2) is 56.3 Å². The Morgan fingerprint density at radius 1 is 1.22 bits per heavy atom. The average Bonchev–Trinajstić information content (AvgIpc) is 3.33. The van der Waals surface area contributed by atoms with Crippen LogP contribution in [0.15, 0.2) is 17.0 Å². The molecule has 0 bridgehead atoms. The zero-order valence-electron chi connectivity index (χ0n) is 12.3. The number of hydrogen-bond donors (Lipinski definition) is 1. The summed E-state index contributed by atoms with van der Waals surface area (Å²) >= 11 is 5.71. The molecule has 0 atom stereocenters. The first-order chi connectivity index (χ1) is 10.8. The molecule has 2 N–H and O–H groups in total. The highest BCUT2D eigenvalue weighted by Crippen LogP contribution is 2.28. The van der Waals surface area contributed by atoms with Crippen molar-refractivity contribution in [2.45, 2.75) is 23.8 Å². The van der Waals surface area contributed by atoms with Crippen molar-refractivity contribution in [2.24, 2.45) is 5.14 Å². The van der Waals surface area contributed by atoms with E-state index in [-0.39, 0.29) is 10.5 Å². The second-order valence-corrected chi connectivity index (χ2v) is 7.84. The van der Waals surface area contributed by atoms with Gasteiger partial charge >= 0.3 is 0 Å². The first kappa shape index (κ1) is 16.6. The topological polar surface area (TPSA) is 83.7 Å². The van der Waals surface area contributed by atoms with E-state index in [0.29, 0.717) is 19.1 Å². The second kappa shape index (κ2) is 6.01. The number of sulfonamides is 1. The molecule has 23 heavy (non-hydrogen) atoms. The van der Waals surface area contributed by atoms with Crippen molar-refractivity contribution in [3.8, 4) is 0 Å². The van der Waals surface area contributed by atoms with Crippen LogP contribution in [0.25, 0.3) is 0 Å². The molecule has 0 unspecified atom stereocenters. The Morgan fingerprint density at radius 3 is 2.35 bits per heavy atom. The molecule has 1 heterocycles. The lowest BCUT2D eigenvalue weighted by atomic mass is 10.1. The monoisotopic (exact) mass is 361 g/mol. The third kappa shape index (κ3) is 3.50. The predicted octanol–water partition coefficient (Wildman–Crippen LogP) is 1.05. The van der Waals surface area contributed by atoms with Crippen LogP contribution in [0, 0.1) is 5.82 Å². The van der Waals surface area contributed by atoms with Crippen molar-refractivity contribution >= 4 is 27.5 Å². The highest BCUT2D eigenvalue weighted by molar-refractivity contribution is 7.89. The van der Waals surface area contributed by atoms with Crippen LogP contribution in [0.1, 0.15) is 23.2 Å². The number of amides is 1. The molecule has 1 aromatic rings. The minimum absolute atomic E-state index is 0.360. The van der Waals surface area contributed by atoms with Crippen molar-refractivity contribution in [2.75, 3.05) is 26.2 Å². The lowest BCUT2D eigenvalue weighted by Crippen LogP contribution is -2.49. The van der Waals surface area contributed by atoms with Crippen LogP contribution >= 0.6 is 11.6 Å². The minimum Gasteiger partial charge on any atom is -0.336 e. The SMILES string of the molecule is NS(=O)(=O)c1cc(Cl)c(F)c(C(=O)N2CCN(C3CC3)CC2)c1. The number of rotatable bonds is 3. The van der Waals surface area contributed by atoms with Crippen molar-refractivity contribution < 1.29 is 17.6 Å². The van der Waals surface area contributed by atoms with Crippen molar-refractivity contribution in [1.29, 1.82) is 0 Å². The Bertz CT molecular complexity index is 744. The van der Waals surface area contributed by atoms with Crippen LogP contribution in [0.2, 0.25) is 5.02 Å². The van der Waals surface area contributed by atoms with Crippen LogP contribution < -0.4 is 5.14 Å². The van der Waals surface area contributed by atoms with E-state index in [2.05, 4.69) is 4.90 Å². The van der Waals surface area contributed by atoms with Gasteiger partial charge in [0.2, 0.25) is 10.0 Å². The molecular weight excluding hydrogens is 345 g/mol. The molecule has 1 saturated heterocycles. The molecular formula is C14H17ClFN3O3S. The third-order valence-electron chi connectivity index (χ3n) is 4.23. The molecule has 6 nitrogen and oxygen atoms in total. The summed E-state index contributed by atoms with van der Waals surface area (Å²) < 4.78 is 37.0. The highest BCUT2D eigenvalue weighted by atomic mass is 35.5. The van der Waals surface area contributed by atoms with Crippen LogP contribution in [-0.2, 0) is 10.0 Å². The van der Waals surface area contributed by atoms with Gasteiger partial charge in [-0.3, -0.25) is 9.69 Å². The molecule has 1 aliphatic carbocycles. The number of carbonyl (C=O) groups excluding carboxylic acids is 1. The molecule has 2 fully saturated rings. The Balaban J connectivity index is 1.83. The number of piperazine rings is 1. The maximum atomic E-state index is 14.2. The van der Waals surface area contributed by atoms with E-state index in [1.165, 1.54) is 17.7 Å². The van der Waals surface area contributed by atoms with Gasteiger partial charge in [0, 0.05) is 32.2 Å². The molecule has 2 aliphatic rings. The number of primary sulfonamides is 1. The second-order valence-electron chi connectivity index (χ2n) is 5.87. The summed E-state index contributed by atoms with van der Waals surface area (Å²) in [5, 5.41) is 4.61. The maximum Gasteiger partial charge on any atom is 0.257 e. The third-order valence-corrected chi connectivity index (χ3v) is 5.39. The number of nitrogens with two attached hydrogens (primary N) is 1. The summed E-state index contributed by atoms with van der Waals surface area (Å²) in [6, 6.07) is 2.48. The summed E-state index contributed by atoms with van der Waals surface area (Å²) in [7, 11) is -4.07. The van der Waals surface area contributed by atoms with Crippen molar-refractivity contribution in [1.82, 2.24) is 9.80 Å². The fraction of sp³-hybridized carbons (Fsp3) is 0.500. The molecule has 1 aliphatic heterocycles. The number of hydrogen-bond acceptors (Lipinski definition) is 4. The van der Waals surface area contributed by atoms with Gasteiger partial charge < -0.3 is 4.90 Å². The Kier molecular flexibility index (Phi) is 4.35. The van der Waals surface area contributed by atoms with Gasteiger partial charge in [0.05, 0.1) is 15.5 Å². The van der Waals surface area contributed by atoms with E-state index >= 15 is 0 Å². The fourth-order valence-electron chi connectivity index (χ4n) is 2.78. The lowest BCUT2D eigenvalue weighted by molar-refractivity contribution is 0.0622. The molecule has 3 rings (SSSR count). The lowest BCUT2D eigenvalue weighted by Gasteiger charge is -2.35. The average molecular weight is 362 g/mol. The number of benzene rings is 1. The van der Waals surface area contributed by atoms with Crippen LogP contribution in [0.4, 0.5) is 4.39 Å². The van der Waals surface area contributed by atoms with Crippen molar-refractivity contribution in [3.05, 3.63) is 28.5 Å². The van der Waals surface area contributed by atoms with Gasteiger partial charge in [-0.1, -0.05) is 11.6 Å². The van der Waals surface area contributed by atoms with Gasteiger partial charge in [0.15, 0.2) is 5.82 Å².